The second-order valence-electron chi connectivity index (χ2n) is 14.5. The van der Waals surface area contributed by atoms with Crippen molar-refractivity contribution in [3.8, 4) is 17.3 Å². The third-order valence-electron chi connectivity index (χ3n) is 10.2. The minimum atomic E-state index is -0.941. The van der Waals surface area contributed by atoms with Gasteiger partial charge in [-0.2, -0.15) is 9.97 Å². The number of nitrogens with zero attached hydrogens (tertiary/aromatic N) is 6. The van der Waals surface area contributed by atoms with E-state index in [2.05, 4.69) is 14.9 Å². The van der Waals surface area contributed by atoms with Crippen molar-refractivity contribution in [1.82, 2.24) is 24.8 Å². The number of carbonyl (C=O) groups excluding carboxylic acids is 1. The number of carbonyl (C=O) groups is 1. The predicted octanol–water partition coefficient (Wildman–Crippen LogP) is 7.57. The summed E-state index contributed by atoms with van der Waals surface area (Å²) in [7, 11) is 1.84. The van der Waals surface area contributed by atoms with E-state index in [0.29, 0.717) is 53.5 Å². The summed E-state index contributed by atoms with van der Waals surface area (Å²) in [6.45, 7) is 9.20. The molecule has 0 N–H and O–H groups in total. The molecule has 0 unspecified atom stereocenters. The molecule has 13 heteroatoms. The highest BCUT2D eigenvalue weighted by molar-refractivity contribution is 6.36. The second-order valence-corrected chi connectivity index (χ2v) is 14.9. The first-order valence-electron chi connectivity index (χ1n) is 16.7. The summed E-state index contributed by atoms with van der Waals surface area (Å²) >= 11 is 6.41. The third-order valence-corrected chi connectivity index (χ3v) is 10.6. The zero-order valence-corrected chi connectivity index (χ0v) is 29.0. The lowest BCUT2D eigenvalue weighted by Crippen LogP contribution is -2.45. The third kappa shape index (κ3) is 6.00. The molecule has 0 spiro atoms. The molecule has 4 aromatic rings. The molecular weight excluding hydrogens is 657 g/mol. The number of pyridine rings is 1. The van der Waals surface area contributed by atoms with Gasteiger partial charge in [-0.05, 0) is 65.0 Å². The van der Waals surface area contributed by atoms with Crippen LogP contribution in [0.4, 0.5) is 23.8 Å². The van der Waals surface area contributed by atoms with E-state index < -0.39 is 35.0 Å². The van der Waals surface area contributed by atoms with Crippen LogP contribution in [-0.2, 0) is 4.74 Å². The van der Waals surface area contributed by atoms with Crippen molar-refractivity contribution in [2.24, 2.45) is 0 Å². The van der Waals surface area contributed by atoms with Gasteiger partial charge in [0.1, 0.15) is 41.2 Å². The number of anilines is 1. The number of halogens is 4. The molecule has 9 nitrogen and oxygen atoms in total. The molecule has 0 aliphatic carbocycles. The van der Waals surface area contributed by atoms with E-state index >= 15 is 4.39 Å². The van der Waals surface area contributed by atoms with Crippen molar-refractivity contribution in [1.29, 1.82) is 0 Å². The Balaban J connectivity index is 1.31. The Kier molecular flexibility index (Phi) is 8.54. The average molecular weight is 697 g/mol. The zero-order valence-electron chi connectivity index (χ0n) is 28.3. The maximum Gasteiger partial charge on any atom is 0.410 e. The van der Waals surface area contributed by atoms with Gasteiger partial charge in [-0.1, -0.05) is 35.9 Å². The van der Waals surface area contributed by atoms with Crippen molar-refractivity contribution >= 4 is 45.2 Å². The summed E-state index contributed by atoms with van der Waals surface area (Å²) in [6, 6.07) is 7.48. The normalized spacial score (nSPS) is 24.2. The molecule has 4 atom stereocenters. The van der Waals surface area contributed by atoms with E-state index in [-0.39, 0.29) is 40.9 Å². The van der Waals surface area contributed by atoms with E-state index in [1.807, 2.05) is 39.6 Å². The number of rotatable bonds is 6. The number of fused-ring (bicyclic) bond motifs is 3. The van der Waals surface area contributed by atoms with Crippen LogP contribution in [0.2, 0.25) is 5.02 Å². The lowest BCUT2D eigenvalue weighted by molar-refractivity contribution is 0.0233. The van der Waals surface area contributed by atoms with Gasteiger partial charge >= 0.3 is 12.1 Å². The lowest BCUT2D eigenvalue weighted by Gasteiger charge is -2.33. The molecule has 0 saturated carbocycles. The molecule has 5 heterocycles. The van der Waals surface area contributed by atoms with Gasteiger partial charge in [0.15, 0.2) is 5.82 Å². The van der Waals surface area contributed by atoms with Gasteiger partial charge in [-0.25, -0.2) is 18.0 Å². The molecule has 3 aliphatic heterocycles. The number of alkyl halides is 1. The molecule has 3 aliphatic rings. The van der Waals surface area contributed by atoms with E-state index in [9.17, 15) is 13.6 Å². The molecule has 3 saturated heterocycles. The highest BCUT2D eigenvalue weighted by atomic mass is 35.5. The van der Waals surface area contributed by atoms with Gasteiger partial charge in [0.05, 0.1) is 28.0 Å². The Bertz CT molecular complexity index is 1940. The van der Waals surface area contributed by atoms with Crippen LogP contribution in [0.15, 0.2) is 36.5 Å². The summed E-state index contributed by atoms with van der Waals surface area (Å²) in [4.78, 5) is 32.6. The van der Waals surface area contributed by atoms with Crippen molar-refractivity contribution in [2.45, 2.75) is 82.8 Å². The van der Waals surface area contributed by atoms with E-state index in [1.165, 1.54) is 12.3 Å². The molecule has 260 valence electrons. The average Bonchev–Trinajstić information content (AvgIpc) is 3.72. The number of likely N-dealkylation sites (N-methyl/N-ethyl adjacent to an activating group) is 1. The minimum Gasteiger partial charge on any atom is -0.461 e. The van der Waals surface area contributed by atoms with Crippen LogP contribution in [-0.4, -0.2) is 93.5 Å². The van der Waals surface area contributed by atoms with E-state index in [0.717, 1.165) is 19.4 Å². The van der Waals surface area contributed by atoms with Crippen molar-refractivity contribution in [2.75, 3.05) is 38.2 Å². The van der Waals surface area contributed by atoms with Crippen molar-refractivity contribution < 1.29 is 27.4 Å². The van der Waals surface area contributed by atoms with Crippen molar-refractivity contribution in [3.63, 3.8) is 0 Å². The quantitative estimate of drug-likeness (QED) is 0.204. The van der Waals surface area contributed by atoms with Gasteiger partial charge in [0.25, 0.3) is 0 Å². The number of hydrogen-bond acceptors (Lipinski definition) is 8. The smallest absolute Gasteiger partial charge is 0.410 e. The molecule has 0 bridgehead atoms. The number of ether oxygens (including phenoxy) is 2. The van der Waals surface area contributed by atoms with Gasteiger partial charge in [-0.3, -0.25) is 9.88 Å². The number of benzene rings is 2. The van der Waals surface area contributed by atoms with Crippen LogP contribution in [0.25, 0.3) is 32.9 Å². The van der Waals surface area contributed by atoms with Crippen LogP contribution < -0.4 is 9.64 Å². The zero-order chi connectivity index (χ0) is 34.8. The Morgan fingerprint density at radius 1 is 1.16 bits per heavy atom. The maximum absolute atomic E-state index is 16.8. The fourth-order valence-corrected chi connectivity index (χ4v) is 8.15. The largest absolute Gasteiger partial charge is 0.461 e. The second kappa shape index (κ2) is 12.5. The molecule has 49 heavy (non-hydrogen) atoms. The summed E-state index contributed by atoms with van der Waals surface area (Å²) in [5.74, 6) is -0.996. The molecular formula is C36H40ClF3N6O3. The SMILES string of the molecule is C[C@@H]1[C@H](N(C)c2nc(OC[C@@]34CCCN3C[C@H](F)C4)nc3c(F)c(-c4cccc5ccc(F)c(Cl)c45)ncc23)CCN1C(=O)OC(C)(C)C. The van der Waals surface area contributed by atoms with Gasteiger partial charge < -0.3 is 19.3 Å². The first-order chi connectivity index (χ1) is 23.3. The fraction of sp³-hybridized carbons (Fsp3) is 0.500. The molecule has 2 aromatic carbocycles. The highest BCUT2D eigenvalue weighted by Gasteiger charge is 2.49. The number of hydrogen-bond donors (Lipinski definition) is 0. The van der Waals surface area contributed by atoms with Crippen molar-refractivity contribution in [3.05, 3.63) is 53.2 Å². The Morgan fingerprint density at radius 2 is 1.96 bits per heavy atom. The van der Waals surface area contributed by atoms with Crippen LogP contribution in [0, 0.1) is 11.6 Å². The molecule has 0 radical (unpaired) electrons. The fourth-order valence-electron chi connectivity index (χ4n) is 7.87. The van der Waals surface area contributed by atoms with Crippen LogP contribution in [0.3, 0.4) is 0 Å². The highest BCUT2D eigenvalue weighted by Crippen LogP contribution is 2.42. The molecule has 3 fully saturated rings. The van der Waals surface area contributed by atoms with Gasteiger partial charge in [0.2, 0.25) is 0 Å². The minimum absolute atomic E-state index is 0.0356. The Hall–Kier alpha value is -3.90. The number of amides is 1. The summed E-state index contributed by atoms with van der Waals surface area (Å²) in [5.41, 5.74) is -0.886. The van der Waals surface area contributed by atoms with E-state index in [1.54, 1.807) is 29.2 Å². The molecule has 2 aromatic heterocycles. The van der Waals surface area contributed by atoms with Crippen LogP contribution >= 0.6 is 11.6 Å². The maximum atomic E-state index is 16.8. The lowest BCUT2D eigenvalue weighted by atomic mass is 9.95. The summed E-state index contributed by atoms with van der Waals surface area (Å²) in [5, 5.41) is 1.17. The Morgan fingerprint density at radius 3 is 2.73 bits per heavy atom. The standard InChI is InChI=1S/C36H40ClF3N6O3/c1-20-26(12-15-46(20)34(47)49-35(2,3)4)44(5)32-24-17-41-30(23-9-6-8-21-10-11-25(39)28(37)27(21)23)29(40)31(24)42-33(43-32)48-19-36-13-7-14-45(36)18-22(38)16-36/h6,8-11,17,20,22,26H,7,12-16,18-19H2,1-5H3/t20-,22-,26-,36+/m1/s1. The number of likely N-dealkylation sites (tertiary alicyclic amines) is 1. The first-order valence-corrected chi connectivity index (χ1v) is 17.1. The van der Waals surface area contributed by atoms with Crippen LogP contribution in [0.1, 0.15) is 53.4 Å². The summed E-state index contributed by atoms with van der Waals surface area (Å²) < 4.78 is 57.9. The molecule has 1 amide bonds. The first kappa shape index (κ1) is 33.6. The predicted molar refractivity (Wildman–Crippen MR) is 183 cm³/mol. The van der Waals surface area contributed by atoms with E-state index in [4.69, 9.17) is 26.1 Å². The Labute approximate surface area is 288 Å². The summed E-state index contributed by atoms with van der Waals surface area (Å²) in [6.07, 6.45) is 2.85. The number of aromatic nitrogens is 3. The monoisotopic (exact) mass is 696 g/mol. The van der Waals surface area contributed by atoms with Gasteiger partial charge in [-0.15, -0.1) is 0 Å². The van der Waals surface area contributed by atoms with Crippen LogP contribution in [0.5, 0.6) is 6.01 Å². The topological polar surface area (TPSA) is 83.9 Å². The molecule has 7 rings (SSSR count). The van der Waals surface area contributed by atoms with Gasteiger partial charge in [0, 0.05) is 43.7 Å².